The van der Waals surface area contributed by atoms with Crippen molar-refractivity contribution in [3.63, 3.8) is 0 Å². The molecule has 2 aliphatic heterocycles. The Morgan fingerprint density at radius 1 is 1.04 bits per heavy atom. The van der Waals surface area contributed by atoms with Crippen LogP contribution in [-0.2, 0) is 11.3 Å². The first kappa shape index (κ1) is 15.2. The molecule has 23 heavy (non-hydrogen) atoms. The molecule has 1 aromatic heterocycles. The molecule has 0 radical (unpaired) electrons. The number of hydrogen-bond donors (Lipinski definition) is 1. The average Bonchev–Trinajstić information content (AvgIpc) is 2.93. The van der Waals surface area contributed by atoms with Gasteiger partial charge in [-0.15, -0.1) is 0 Å². The molecule has 0 saturated carbocycles. The predicted octanol–water partition coefficient (Wildman–Crippen LogP) is 4.18. The van der Waals surface area contributed by atoms with Gasteiger partial charge in [-0.2, -0.15) is 0 Å². The van der Waals surface area contributed by atoms with Gasteiger partial charge in [0.25, 0.3) is 0 Å². The first-order chi connectivity index (χ1) is 11.1. The van der Waals surface area contributed by atoms with Crippen LogP contribution in [0.15, 0.2) is 18.2 Å². The number of rotatable bonds is 2. The summed E-state index contributed by atoms with van der Waals surface area (Å²) in [6.07, 6.45) is 5.22. The lowest BCUT2D eigenvalue weighted by Crippen LogP contribution is -2.42. The van der Waals surface area contributed by atoms with Crippen molar-refractivity contribution >= 4 is 10.9 Å². The van der Waals surface area contributed by atoms with E-state index in [1.165, 1.54) is 66.5 Å². The number of benzene rings is 1. The van der Waals surface area contributed by atoms with E-state index in [4.69, 9.17) is 4.74 Å². The summed E-state index contributed by atoms with van der Waals surface area (Å²) >= 11 is 0. The van der Waals surface area contributed by atoms with Crippen LogP contribution in [-0.4, -0.2) is 36.2 Å². The highest BCUT2D eigenvalue weighted by molar-refractivity contribution is 5.84. The molecule has 2 saturated heterocycles. The molecular weight excluding hydrogens is 284 g/mol. The fourth-order valence-electron chi connectivity index (χ4n) is 4.47. The molecule has 3 heterocycles. The normalized spacial score (nSPS) is 22.0. The van der Waals surface area contributed by atoms with Crippen LogP contribution in [0.5, 0.6) is 0 Å². The van der Waals surface area contributed by atoms with E-state index >= 15 is 0 Å². The SMILES string of the molecule is Cc1cc(C)c2cc(CN3CCC4(CCOCC4)CC3)[nH]c2c1. The van der Waals surface area contributed by atoms with Crippen LogP contribution in [0.2, 0.25) is 0 Å². The summed E-state index contributed by atoms with van der Waals surface area (Å²) in [5, 5.41) is 1.38. The molecule has 1 N–H and O–H groups in total. The molecule has 3 nitrogen and oxygen atoms in total. The Hall–Kier alpha value is -1.32. The number of nitrogens with zero attached hydrogens (tertiary/aromatic N) is 1. The summed E-state index contributed by atoms with van der Waals surface area (Å²) in [6.45, 7) is 9.84. The van der Waals surface area contributed by atoms with Crippen LogP contribution in [0.4, 0.5) is 0 Å². The van der Waals surface area contributed by atoms with Gasteiger partial charge < -0.3 is 9.72 Å². The fourth-order valence-corrected chi connectivity index (χ4v) is 4.47. The van der Waals surface area contributed by atoms with Crippen molar-refractivity contribution in [3.05, 3.63) is 35.0 Å². The van der Waals surface area contributed by atoms with Gasteiger partial charge in [-0.3, -0.25) is 4.90 Å². The second-order valence-electron chi connectivity index (χ2n) is 7.73. The van der Waals surface area contributed by atoms with Crippen LogP contribution >= 0.6 is 0 Å². The van der Waals surface area contributed by atoms with Gasteiger partial charge in [0.1, 0.15) is 0 Å². The van der Waals surface area contributed by atoms with Crippen molar-refractivity contribution < 1.29 is 4.74 Å². The highest BCUT2D eigenvalue weighted by Crippen LogP contribution is 2.40. The zero-order valence-corrected chi connectivity index (χ0v) is 14.5. The zero-order valence-electron chi connectivity index (χ0n) is 14.5. The van der Waals surface area contributed by atoms with Gasteiger partial charge in [-0.1, -0.05) is 6.07 Å². The monoisotopic (exact) mass is 312 g/mol. The van der Waals surface area contributed by atoms with Gasteiger partial charge in [0, 0.05) is 36.4 Å². The molecule has 1 aromatic carbocycles. The smallest absolute Gasteiger partial charge is 0.0471 e. The summed E-state index contributed by atoms with van der Waals surface area (Å²) in [5.41, 5.74) is 5.94. The van der Waals surface area contributed by atoms with Crippen LogP contribution in [0.1, 0.15) is 42.5 Å². The Kier molecular flexibility index (Phi) is 3.94. The maximum Gasteiger partial charge on any atom is 0.0471 e. The van der Waals surface area contributed by atoms with E-state index in [0.29, 0.717) is 5.41 Å². The maximum absolute atomic E-state index is 5.56. The van der Waals surface area contributed by atoms with Crippen LogP contribution < -0.4 is 0 Å². The van der Waals surface area contributed by atoms with E-state index in [0.717, 1.165) is 19.8 Å². The second-order valence-corrected chi connectivity index (χ2v) is 7.73. The van der Waals surface area contributed by atoms with Gasteiger partial charge in [0.05, 0.1) is 0 Å². The van der Waals surface area contributed by atoms with Crippen molar-refractivity contribution in [2.75, 3.05) is 26.3 Å². The molecule has 2 aromatic rings. The number of hydrogen-bond acceptors (Lipinski definition) is 2. The van der Waals surface area contributed by atoms with Crippen molar-refractivity contribution in [2.24, 2.45) is 5.41 Å². The quantitative estimate of drug-likeness (QED) is 0.901. The first-order valence-corrected chi connectivity index (χ1v) is 9.03. The summed E-state index contributed by atoms with van der Waals surface area (Å²) in [6, 6.07) is 6.89. The zero-order chi connectivity index (χ0) is 15.9. The third-order valence-corrected chi connectivity index (χ3v) is 6.01. The standard InChI is InChI=1S/C20H28N2O/c1-15-11-16(2)18-13-17(21-19(18)12-15)14-22-7-3-20(4-8-22)5-9-23-10-6-20/h11-13,21H,3-10,14H2,1-2H3. The van der Waals surface area contributed by atoms with Gasteiger partial charge in [-0.05, 0) is 81.3 Å². The Morgan fingerprint density at radius 2 is 1.78 bits per heavy atom. The molecule has 2 fully saturated rings. The van der Waals surface area contributed by atoms with E-state index in [-0.39, 0.29) is 0 Å². The predicted molar refractivity (Wildman–Crippen MR) is 94.8 cm³/mol. The van der Waals surface area contributed by atoms with Crippen molar-refractivity contribution in [2.45, 2.75) is 46.1 Å². The molecule has 0 amide bonds. The molecular formula is C20H28N2O. The number of H-pyrrole nitrogens is 1. The van der Waals surface area contributed by atoms with E-state index in [1.807, 2.05) is 0 Å². The van der Waals surface area contributed by atoms with Crippen molar-refractivity contribution in [1.29, 1.82) is 0 Å². The number of aryl methyl sites for hydroxylation is 2. The molecule has 0 bridgehead atoms. The van der Waals surface area contributed by atoms with Crippen LogP contribution in [0.25, 0.3) is 10.9 Å². The number of aromatic amines is 1. The number of aromatic nitrogens is 1. The summed E-state index contributed by atoms with van der Waals surface area (Å²) in [4.78, 5) is 6.25. The average molecular weight is 312 g/mol. The van der Waals surface area contributed by atoms with E-state index < -0.39 is 0 Å². The number of nitrogens with one attached hydrogen (secondary N) is 1. The number of piperidine rings is 1. The van der Waals surface area contributed by atoms with Gasteiger partial charge in [0.15, 0.2) is 0 Å². The Labute approximate surface area is 139 Å². The van der Waals surface area contributed by atoms with Gasteiger partial charge >= 0.3 is 0 Å². The van der Waals surface area contributed by atoms with Gasteiger partial charge in [-0.25, -0.2) is 0 Å². The molecule has 1 spiro atoms. The third-order valence-electron chi connectivity index (χ3n) is 6.01. The topological polar surface area (TPSA) is 28.3 Å². The molecule has 0 aliphatic carbocycles. The third kappa shape index (κ3) is 3.05. The lowest BCUT2D eigenvalue weighted by Gasteiger charge is -2.44. The second kappa shape index (κ2) is 5.95. The molecule has 124 valence electrons. The fraction of sp³-hybridized carbons (Fsp3) is 0.600. The highest BCUT2D eigenvalue weighted by atomic mass is 16.5. The summed E-state index contributed by atoms with van der Waals surface area (Å²) in [7, 11) is 0. The molecule has 4 rings (SSSR count). The number of fused-ring (bicyclic) bond motifs is 1. The maximum atomic E-state index is 5.56. The minimum absolute atomic E-state index is 0.586. The van der Waals surface area contributed by atoms with Gasteiger partial charge in [0.2, 0.25) is 0 Å². The molecule has 0 atom stereocenters. The molecule has 3 heteroatoms. The Bertz CT molecular complexity index is 687. The minimum Gasteiger partial charge on any atom is -0.381 e. The highest BCUT2D eigenvalue weighted by Gasteiger charge is 2.35. The Balaban J connectivity index is 1.44. The summed E-state index contributed by atoms with van der Waals surface area (Å²) in [5.74, 6) is 0. The van der Waals surface area contributed by atoms with Crippen LogP contribution in [0, 0.1) is 19.3 Å². The molecule has 2 aliphatic rings. The molecule has 0 unspecified atom stereocenters. The Morgan fingerprint density at radius 3 is 2.52 bits per heavy atom. The number of likely N-dealkylation sites (tertiary alicyclic amines) is 1. The van der Waals surface area contributed by atoms with Crippen LogP contribution in [0.3, 0.4) is 0 Å². The first-order valence-electron chi connectivity index (χ1n) is 9.03. The minimum atomic E-state index is 0.586. The van der Waals surface area contributed by atoms with E-state index in [1.54, 1.807) is 0 Å². The van der Waals surface area contributed by atoms with E-state index in [9.17, 15) is 0 Å². The van der Waals surface area contributed by atoms with Crippen molar-refractivity contribution in [3.8, 4) is 0 Å². The lowest BCUT2D eigenvalue weighted by atomic mass is 9.72. The largest absolute Gasteiger partial charge is 0.381 e. The summed E-state index contributed by atoms with van der Waals surface area (Å²) < 4.78 is 5.56. The number of ether oxygens (including phenoxy) is 1. The lowest BCUT2D eigenvalue weighted by molar-refractivity contribution is -0.0219. The van der Waals surface area contributed by atoms with E-state index in [2.05, 4.69) is 41.9 Å². The van der Waals surface area contributed by atoms with Crippen molar-refractivity contribution in [1.82, 2.24) is 9.88 Å².